The third kappa shape index (κ3) is 7.43. The number of halogens is 2. The van der Waals surface area contributed by atoms with Crippen molar-refractivity contribution in [3.8, 4) is 11.5 Å². The van der Waals surface area contributed by atoms with Crippen LogP contribution in [-0.2, 0) is 16.1 Å². The predicted octanol–water partition coefficient (Wildman–Crippen LogP) is 4.82. The van der Waals surface area contributed by atoms with Crippen LogP contribution >= 0.6 is 27.5 Å². The summed E-state index contributed by atoms with van der Waals surface area (Å²) in [7, 11) is 1.60. The summed E-state index contributed by atoms with van der Waals surface area (Å²) in [5.41, 5.74) is 0.887. The summed E-state index contributed by atoms with van der Waals surface area (Å²) < 4.78 is 11.7. The maximum absolute atomic E-state index is 13.1. The zero-order valence-electron chi connectivity index (χ0n) is 18.0. The van der Waals surface area contributed by atoms with Gasteiger partial charge in [-0.2, -0.15) is 0 Å². The van der Waals surface area contributed by atoms with E-state index < -0.39 is 6.04 Å². The number of hydrogen-bond donors (Lipinski definition) is 1. The van der Waals surface area contributed by atoms with Gasteiger partial charge >= 0.3 is 0 Å². The predicted molar refractivity (Wildman–Crippen MR) is 126 cm³/mol. The molecule has 0 aromatic heterocycles. The Morgan fingerprint density at radius 3 is 2.45 bits per heavy atom. The average molecular weight is 512 g/mol. The van der Waals surface area contributed by atoms with Crippen molar-refractivity contribution in [2.75, 3.05) is 20.3 Å². The van der Waals surface area contributed by atoms with E-state index in [0.29, 0.717) is 23.7 Å². The number of hydrogen-bond acceptors (Lipinski definition) is 4. The van der Waals surface area contributed by atoms with Crippen LogP contribution in [0.5, 0.6) is 11.5 Å². The second kappa shape index (κ2) is 12.6. The third-order valence-electron chi connectivity index (χ3n) is 4.69. The first-order chi connectivity index (χ1) is 14.9. The minimum absolute atomic E-state index is 0.173. The second-order valence-corrected chi connectivity index (χ2v) is 8.27. The number of rotatable bonds is 11. The van der Waals surface area contributed by atoms with E-state index in [-0.39, 0.29) is 25.0 Å². The lowest BCUT2D eigenvalue weighted by atomic mass is 10.1. The fourth-order valence-electron chi connectivity index (χ4n) is 3.03. The zero-order valence-corrected chi connectivity index (χ0v) is 20.3. The van der Waals surface area contributed by atoms with Gasteiger partial charge in [0.2, 0.25) is 5.91 Å². The molecular weight excluding hydrogens is 484 g/mol. The van der Waals surface area contributed by atoms with Crippen LogP contribution in [0.2, 0.25) is 5.02 Å². The summed E-state index contributed by atoms with van der Waals surface area (Å²) in [4.78, 5) is 27.4. The van der Waals surface area contributed by atoms with Crippen LogP contribution in [0.3, 0.4) is 0 Å². The van der Waals surface area contributed by atoms with Crippen LogP contribution in [-0.4, -0.2) is 43.0 Å². The first kappa shape index (κ1) is 25.0. The first-order valence-corrected chi connectivity index (χ1v) is 11.3. The Hall–Kier alpha value is -2.25. The fourth-order valence-corrected chi connectivity index (χ4v) is 3.76. The van der Waals surface area contributed by atoms with Crippen LogP contribution in [0.4, 0.5) is 0 Å². The molecule has 6 nitrogen and oxygen atoms in total. The number of carbonyl (C=O) groups is 2. The minimum Gasteiger partial charge on any atom is -0.497 e. The first-order valence-electron chi connectivity index (χ1n) is 10.2. The van der Waals surface area contributed by atoms with Crippen molar-refractivity contribution >= 4 is 39.3 Å². The third-order valence-corrected chi connectivity index (χ3v) is 5.48. The SMILES string of the molecule is CCCNC(=O)[C@@H](CC)N(Cc1ccc(OC)cc1)C(=O)COc1ccc(Br)cc1Cl. The normalized spacial score (nSPS) is 11.5. The van der Waals surface area contributed by atoms with Gasteiger partial charge in [0.25, 0.3) is 5.91 Å². The van der Waals surface area contributed by atoms with Crippen LogP contribution in [0.15, 0.2) is 46.9 Å². The number of methoxy groups -OCH3 is 1. The molecule has 2 aromatic carbocycles. The van der Waals surface area contributed by atoms with E-state index in [0.717, 1.165) is 22.2 Å². The van der Waals surface area contributed by atoms with E-state index in [4.69, 9.17) is 21.1 Å². The van der Waals surface area contributed by atoms with Gasteiger partial charge in [0.1, 0.15) is 17.5 Å². The monoisotopic (exact) mass is 510 g/mol. The lowest BCUT2D eigenvalue weighted by Crippen LogP contribution is -2.50. The molecule has 1 N–H and O–H groups in total. The van der Waals surface area contributed by atoms with Crippen molar-refractivity contribution in [1.29, 1.82) is 0 Å². The number of nitrogens with one attached hydrogen (secondary N) is 1. The Morgan fingerprint density at radius 2 is 1.87 bits per heavy atom. The van der Waals surface area contributed by atoms with Gasteiger partial charge in [-0.1, -0.05) is 53.5 Å². The van der Waals surface area contributed by atoms with Gasteiger partial charge in [-0.3, -0.25) is 9.59 Å². The molecule has 0 radical (unpaired) electrons. The number of benzene rings is 2. The summed E-state index contributed by atoms with van der Waals surface area (Å²) >= 11 is 9.54. The highest BCUT2D eigenvalue weighted by Crippen LogP contribution is 2.28. The van der Waals surface area contributed by atoms with Crippen molar-refractivity contribution in [1.82, 2.24) is 10.2 Å². The summed E-state index contributed by atoms with van der Waals surface area (Å²) in [5.74, 6) is 0.662. The highest BCUT2D eigenvalue weighted by Gasteiger charge is 2.28. The van der Waals surface area contributed by atoms with Crippen LogP contribution < -0.4 is 14.8 Å². The fraction of sp³-hybridized carbons (Fsp3) is 0.391. The van der Waals surface area contributed by atoms with E-state index in [1.54, 1.807) is 30.2 Å². The molecule has 168 valence electrons. The lowest BCUT2D eigenvalue weighted by molar-refractivity contribution is -0.143. The molecule has 0 spiro atoms. The Balaban J connectivity index is 2.20. The molecule has 31 heavy (non-hydrogen) atoms. The molecule has 0 unspecified atom stereocenters. The molecule has 2 amide bonds. The smallest absolute Gasteiger partial charge is 0.261 e. The Labute approximate surface area is 197 Å². The van der Waals surface area contributed by atoms with Crippen LogP contribution in [0, 0.1) is 0 Å². The molecule has 1 atom stereocenters. The van der Waals surface area contributed by atoms with Gasteiger partial charge < -0.3 is 19.7 Å². The van der Waals surface area contributed by atoms with Gasteiger partial charge in [-0.15, -0.1) is 0 Å². The van der Waals surface area contributed by atoms with Gasteiger partial charge in [-0.05, 0) is 48.7 Å². The molecule has 2 rings (SSSR count). The molecule has 0 saturated heterocycles. The molecule has 0 aliphatic carbocycles. The highest BCUT2D eigenvalue weighted by atomic mass is 79.9. The molecule has 0 aliphatic heterocycles. The summed E-state index contributed by atoms with van der Waals surface area (Å²) in [5, 5.41) is 3.29. The molecule has 0 fully saturated rings. The maximum atomic E-state index is 13.1. The molecule has 8 heteroatoms. The average Bonchev–Trinajstić information content (AvgIpc) is 2.77. The standard InChI is InChI=1S/C23H28BrClN2O4/c1-4-12-26-23(29)20(5-2)27(14-16-6-9-18(30-3)10-7-16)22(28)15-31-21-11-8-17(24)13-19(21)25/h6-11,13,20H,4-5,12,14-15H2,1-3H3,(H,26,29)/t20-/m1/s1. The van der Waals surface area contributed by atoms with Crippen LogP contribution in [0.1, 0.15) is 32.3 Å². The van der Waals surface area contributed by atoms with Crippen molar-refractivity contribution in [2.24, 2.45) is 0 Å². The molecule has 0 heterocycles. The quantitative estimate of drug-likeness (QED) is 0.469. The van der Waals surface area contributed by atoms with Crippen molar-refractivity contribution in [2.45, 2.75) is 39.3 Å². The van der Waals surface area contributed by atoms with E-state index in [1.807, 2.05) is 38.1 Å². The summed E-state index contributed by atoms with van der Waals surface area (Å²) in [6, 6.07) is 12.0. The lowest BCUT2D eigenvalue weighted by Gasteiger charge is -2.30. The molecule has 0 saturated carbocycles. The second-order valence-electron chi connectivity index (χ2n) is 6.95. The topological polar surface area (TPSA) is 67.9 Å². The number of nitrogens with zero attached hydrogens (tertiary/aromatic N) is 1. The van der Waals surface area contributed by atoms with Crippen LogP contribution in [0.25, 0.3) is 0 Å². The number of ether oxygens (including phenoxy) is 2. The highest BCUT2D eigenvalue weighted by molar-refractivity contribution is 9.10. The van der Waals surface area contributed by atoms with Gasteiger partial charge in [0.15, 0.2) is 6.61 Å². The van der Waals surface area contributed by atoms with E-state index >= 15 is 0 Å². The molecule has 2 aromatic rings. The van der Waals surface area contributed by atoms with Gasteiger partial charge in [0, 0.05) is 17.6 Å². The van der Waals surface area contributed by atoms with E-state index in [1.165, 1.54) is 0 Å². The Kier molecular flexibility index (Phi) is 10.1. The van der Waals surface area contributed by atoms with E-state index in [2.05, 4.69) is 21.2 Å². The van der Waals surface area contributed by atoms with Gasteiger partial charge in [0.05, 0.1) is 12.1 Å². The minimum atomic E-state index is -0.606. The summed E-state index contributed by atoms with van der Waals surface area (Å²) in [6.45, 7) is 4.48. The number of amides is 2. The Bertz CT molecular complexity index is 876. The molecule has 0 bridgehead atoms. The Morgan fingerprint density at radius 1 is 1.16 bits per heavy atom. The van der Waals surface area contributed by atoms with Crippen molar-refractivity contribution < 1.29 is 19.1 Å². The van der Waals surface area contributed by atoms with Gasteiger partial charge in [-0.25, -0.2) is 0 Å². The van der Waals surface area contributed by atoms with Crippen molar-refractivity contribution in [3.63, 3.8) is 0 Å². The zero-order chi connectivity index (χ0) is 22.8. The molecular formula is C23H28BrClN2O4. The summed E-state index contributed by atoms with van der Waals surface area (Å²) in [6.07, 6.45) is 1.30. The number of carbonyl (C=O) groups excluding carboxylic acids is 2. The van der Waals surface area contributed by atoms with Crippen molar-refractivity contribution in [3.05, 3.63) is 57.5 Å². The largest absolute Gasteiger partial charge is 0.497 e. The molecule has 0 aliphatic rings. The maximum Gasteiger partial charge on any atom is 0.261 e. The van der Waals surface area contributed by atoms with E-state index in [9.17, 15) is 9.59 Å².